The molecule has 0 radical (unpaired) electrons. The van der Waals surface area contributed by atoms with Crippen molar-refractivity contribution in [2.24, 2.45) is 5.73 Å². The lowest BCUT2D eigenvalue weighted by Gasteiger charge is -2.20. The van der Waals surface area contributed by atoms with E-state index in [1.54, 1.807) is 6.92 Å². The molecule has 0 saturated carbocycles. The summed E-state index contributed by atoms with van der Waals surface area (Å²) in [6.45, 7) is 5.18. The van der Waals surface area contributed by atoms with E-state index < -0.39 is 11.5 Å². The zero-order valence-electron chi connectivity index (χ0n) is 6.13. The van der Waals surface area contributed by atoms with Crippen LogP contribution < -0.4 is 5.73 Å². The Kier molecular flexibility index (Phi) is 3.09. The van der Waals surface area contributed by atoms with E-state index in [4.69, 9.17) is 10.8 Å². The van der Waals surface area contributed by atoms with Gasteiger partial charge in [-0.1, -0.05) is 13.0 Å². The molecule has 0 unspecified atom stereocenters. The Morgan fingerprint density at radius 3 is 2.50 bits per heavy atom. The molecule has 0 bridgehead atoms. The van der Waals surface area contributed by atoms with Crippen molar-refractivity contribution in [1.82, 2.24) is 0 Å². The second kappa shape index (κ2) is 3.37. The third kappa shape index (κ3) is 1.84. The van der Waals surface area contributed by atoms with Crippen LogP contribution >= 0.6 is 0 Å². The Morgan fingerprint density at radius 2 is 2.40 bits per heavy atom. The van der Waals surface area contributed by atoms with E-state index >= 15 is 0 Å². The van der Waals surface area contributed by atoms with Gasteiger partial charge in [-0.2, -0.15) is 0 Å². The van der Waals surface area contributed by atoms with Crippen molar-refractivity contribution in [2.75, 3.05) is 0 Å². The van der Waals surface area contributed by atoms with Crippen molar-refractivity contribution in [2.45, 2.75) is 25.3 Å². The van der Waals surface area contributed by atoms with Crippen LogP contribution in [0.25, 0.3) is 0 Å². The summed E-state index contributed by atoms with van der Waals surface area (Å²) in [6.07, 6.45) is 2.27. The quantitative estimate of drug-likeness (QED) is 0.571. The van der Waals surface area contributed by atoms with Gasteiger partial charge in [0.05, 0.1) is 0 Å². The summed E-state index contributed by atoms with van der Waals surface area (Å²) in [4.78, 5) is 10.5. The van der Waals surface area contributed by atoms with Gasteiger partial charge in [-0.3, -0.25) is 4.79 Å². The fraction of sp³-hybridized carbons (Fsp3) is 0.571. The maximum atomic E-state index is 10.5. The van der Waals surface area contributed by atoms with Crippen LogP contribution in [0.1, 0.15) is 19.8 Å². The van der Waals surface area contributed by atoms with Gasteiger partial charge in [0.15, 0.2) is 0 Å². The van der Waals surface area contributed by atoms with Crippen molar-refractivity contribution in [3.63, 3.8) is 0 Å². The van der Waals surface area contributed by atoms with Gasteiger partial charge < -0.3 is 10.8 Å². The summed E-state index contributed by atoms with van der Waals surface area (Å²) in [5.74, 6) is -0.963. The average Bonchev–Trinajstić information content (AvgIpc) is 1.88. The third-order valence-corrected chi connectivity index (χ3v) is 1.57. The summed E-state index contributed by atoms with van der Waals surface area (Å²) in [5.41, 5.74) is 4.37. The summed E-state index contributed by atoms with van der Waals surface area (Å²) in [7, 11) is 0. The summed E-state index contributed by atoms with van der Waals surface area (Å²) in [5, 5.41) is 8.59. The molecule has 0 heterocycles. The second-order valence-electron chi connectivity index (χ2n) is 2.31. The van der Waals surface area contributed by atoms with Gasteiger partial charge >= 0.3 is 5.97 Å². The fourth-order valence-corrected chi connectivity index (χ4v) is 0.640. The molecule has 0 aliphatic rings. The van der Waals surface area contributed by atoms with Crippen LogP contribution in [-0.2, 0) is 4.79 Å². The first-order valence-corrected chi connectivity index (χ1v) is 3.20. The second-order valence-corrected chi connectivity index (χ2v) is 2.31. The molecule has 0 amide bonds. The Morgan fingerprint density at radius 1 is 1.90 bits per heavy atom. The van der Waals surface area contributed by atoms with Gasteiger partial charge in [0, 0.05) is 0 Å². The standard InChI is InChI=1S/C7H13NO2/c1-3-5-7(8,4-2)6(9)10/h3H,1,4-5,8H2,2H3,(H,9,10)/t7-/m1/s1. The van der Waals surface area contributed by atoms with Gasteiger partial charge in [0.25, 0.3) is 0 Å². The Balaban J connectivity index is 4.21. The molecule has 3 N–H and O–H groups in total. The highest BCUT2D eigenvalue weighted by atomic mass is 16.4. The number of carbonyl (C=O) groups is 1. The van der Waals surface area contributed by atoms with Gasteiger partial charge in [0.2, 0.25) is 0 Å². The van der Waals surface area contributed by atoms with E-state index in [0.29, 0.717) is 12.8 Å². The van der Waals surface area contributed by atoms with E-state index in [1.165, 1.54) is 6.08 Å². The maximum Gasteiger partial charge on any atom is 0.323 e. The topological polar surface area (TPSA) is 63.3 Å². The van der Waals surface area contributed by atoms with Crippen molar-refractivity contribution in [3.05, 3.63) is 12.7 Å². The normalized spacial score (nSPS) is 15.8. The van der Waals surface area contributed by atoms with Crippen LogP contribution in [0.4, 0.5) is 0 Å². The molecular weight excluding hydrogens is 130 g/mol. The minimum atomic E-state index is -1.11. The van der Waals surface area contributed by atoms with Gasteiger partial charge in [-0.15, -0.1) is 6.58 Å². The molecule has 0 aliphatic heterocycles. The van der Waals surface area contributed by atoms with Crippen molar-refractivity contribution in [3.8, 4) is 0 Å². The first kappa shape index (κ1) is 9.17. The monoisotopic (exact) mass is 143 g/mol. The first-order chi connectivity index (χ1) is 4.56. The average molecular weight is 143 g/mol. The predicted molar refractivity (Wildman–Crippen MR) is 39.7 cm³/mol. The Bertz CT molecular complexity index is 145. The van der Waals surface area contributed by atoms with E-state index in [0.717, 1.165) is 0 Å². The molecule has 0 saturated heterocycles. The van der Waals surface area contributed by atoms with Crippen molar-refractivity contribution in [1.29, 1.82) is 0 Å². The number of aliphatic carboxylic acids is 1. The zero-order chi connectivity index (χ0) is 8.20. The lowest BCUT2D eigenvalue weighted by molar-refractivity contribution is -0.143. The van der Waals surface area contributed by atoms with Gasteiger partial charge in [-0.05, 0) is 12.8 Å². The minimum Gasteiger partial charge on any atom is -0.480 e. The molecule has 0 aliphatic carbocycles. The molecule has 0 aromatic carbocycles. The molecule has 3 heteroatoms. The van der Waals surface area contributed by atoms with Crippen LogP contribution in [-0.4, -0.2) is 16.6 Å². The summed E-state index contributed by atoms with van der Waals surface area (Å²) in [6, 6.07) is 0. The number of rotatable bonds is 4. The van der Waals surface area contributed by atoms with Gasteiger partial charge in [-0.25, -0.2) is 0 Å². The number of nitrogens with two attached hydrogens (primary N) is 1. The van der Waals surface area contributed by atoms with Crippen molar-refractivity contribution >= 4 is 5.97 Å². The number of carboxylic acids is 1. The lowest BCUT2D eigenvalue weighted by atomic mass is 9.94. The smallest absolute Gasteiger partial charge is 0.323 e. The first-order valence-electron chi connectivity index (χ1n) is 3.20. The number of carboxylic acid groups (broad SMARTS) is 1. The van der Waals surface area contributed by atoms with E-state index in [-0.39, 0.29) is 0 Å². The minimum absolute atomic E-state index is 0.318. The highest BCUT2D eigenvalue weighted by Gasteiger charge is 2.29. The maximum absolute atomic E-state index is 10.5. The van der Waals surface area contributed by atoms with E-state index in [9.17, 15) is 4.79 Å². The van der Waals surface area contributed by atoms with Crippen LogP contribution in [0.5, 0.6) is 0 Å². The van der Waals surface area contributed by atoms with Crippen LogP contribution in [0.15, 0.2) is 12.7 Å². The molecule has 0 aromatic heterocycles. The molecule has 0 rings (SSSR count). The van der Waals surface area contributed by atoms with Crippen LogP contribution in [0, 0.1) is 0 Å². The zero-order valence-corrected chi connectivity index (χ0v) is 6.13. The third-order valence-electron chi connectivity index (χ3n) is 1.57. The van der Waals surface area contributed by atoms with E-state index in [2.05, 4.69) is 6.58 Å². The molecule has 3 nitrogen and oxygen atoms in total. The molecular formula is C7H13NO2. The van der Waals surface area contributed by atoms with Gasteiger partial charge in [0.1, 0.15) is 5.54 Å². The van der Waals surface area contributed by atoms with E-state index in [1.807, 2.05) is 0 Å². The number of hydrogen-bond acceptors (Lipinski definition) is 2. The van der Waals surface area contributed by atoms with Crippen molar-refractivity contribution < 1.29 is 9.90 Å². The number of hydrogen-bond donors (Lipinski definition) is 2. The fourth-order valence-electron chi connectivity index (χ4n) is 0.640. The molecule has 0 aromatic rings. The predicted octanol–water partition coefficient (Wildman–Crippen LogP) is 0.755. The lowest BCUT2D eigenvalue weighted by Crippen LogP contribution is -2.46. The SMILES string of the molecule is C=CC[C@](N)(CC)C(=O)O. The largest absolute Gasteiger partial charge is 0.480 e. The summed E-state index contributed by atoms with van der Waals surface area (Å²) < 4.78 is 0. The highest BCUT2D eigenvalue weighted by molar-refractivity contribution is 5.78. The Hall–Kier alpha value is -0.830. The Labute approximate surface area is 60.5 Å². The molecule has 10 heavy (non-hydrogen) atoms. The summed E-state index contributed by atoms with van der Waals surface area (Å²) >= 11 is 0. The van der Waals surface area contributed by atoms with Crippen LogP contribution in [0.3, 0.4) is 0 Å². The van der Waals surface area contributed by atoms with Crippen LogP contribution in [0.2, 0.25) is 0 Å². The highest BCUT2D eigenvalue weighted by Crippen LogP contribution is 2.11. The molecule has 1 atom stereocenters. The molecule has 0 spiro atoms. The molecule has 0 fully saturated rings. The molecule has 58 valence electrons.